The average Bonchev–Trinajstić information content (AvgIpc) is 2.15. The maximum absolute atomic E-state index is 11.4. The molecule has 1 aromatic heterocycles. The van der Waals surface area contributed by atoms with Crippen LogP contribution in [0.15, 0.2) is 18.3 Å². The van der Waals surface area contributed by atoms with Gasteiger partial charge in [-0.25, -0.2) is 4.98 Å². The Morgan fingerprint density at radius 2 is 2.43 bits per heavy atom. The Morgan fingerprint density at radius 1 is 1.71 bits per heavy atom. The molecule has 0 saturated carbocycles. The Bertz CT molecular complexity index is 311. The minimum absolute atomic E-state index is 0.224. The second kappa shape index (κ2) is 4.93. The third-order valence-electron chi connectivity index (χ3n) is 1.55. The molecule has 14 heavy (non-hydrogen) atoms. The molecule has 76 valence electrons. The second-order valence-corrected chi connectivity index (χ2v) is 3.32. The molecule has 1 amide bonds. The minimum atomic E-state index is -0.556. The van der Waals surface area contributed by atoms with Crippen molar-refractivity contribution in [3.05, 3.63) is 29.0 Å². The lowest BCUT2D eigenvalue weighted by Gasteiger charge is -2.06. The van der Waals surface area contributed by atoms with Gasteiger partial charge < -0.3 is 10.4 Å². The number of carbonyl (C=O) groups is 1. The predicted octanol–water partition coefficient (Wildman–Crippen LogP) is 0.846. The van der Waals surface area contributed by atoms with E-state index in [0.717, 1.165) is 0 Å². The first-order chi connectivity index (χ1) is 6.59. The van der Waals surface area contributed by atoms with Crippen molar-refractivity contribution in [3.8, 4) is 0 Å². The van der Waals surface area contributed by atoms with E-state index in [-0.39, 0.29) is 12.5 Å². The Balaban J connectivity index is 2.57. The minimum Gasteiger partial charge on any atom is -0.392 e. The molecule has 0 fully saturated rings. The van der Waals surface area contributed by atoms with E-state index in [0.29, 0.717) is 10.7 Å². The molecule has 0 spiro atoms. The fourth-order valence-electron chi connectivity index (χ4n) is 0.853. The zero-order valence-corrected chi connectivity index (χ0v) is 8.45. The monoisotopic (exact) mass is 214 g/mol. The molecule has 0 aliphatic rings. The van der Waals surface area contributed by atoms with Crippen LogP contribution in [0.3, 0.4) is 0 Å². The molecule has 0 saturated heterocycles. The van der Waals surface area contributed by atoms with Crippen LogP contribution >= 0.6 is 11.6 Å². The summed E-state index contributed by atoms with van der Waals surface area (Å²) in [6.07, 6.45) is 0.832. The Kier molecular flexibility index (Phi) is 3.85. The molecule has 0 aliphatic heterocycles. The van der Waals surface area contributed by atoms with Crippen LogP contribution in [-0.4, -0.2) is 28.6 Å². The highest BCUT2D eigenvalue weighted by Crippen LogP contribution is 2.04. The van der Waals surface area contributed by atoms with Gasteiger partial charge in [0.1, 0.15) is 5.15 Å². The highest BCUT2D eigenvalue weighted by molar-refractivity contribution is 6.29. The number of carbonyl (C=O) groups excluding carboxylic acids is 1. The van der Waals surface area contributed by atoms with Crippen LogP contribution in [-0.2, 0) is 0 Å². The van der Waals surface area contributed by atoms with Crippen molar-refractivity contribution in [1.82, 2.24) is 10.3 Å². The first-order valence-electron chi connectivity index (χ1n) is 4.17. The lowest BCUT2D eigenvalue weighted by molar-refractivity contribution is 0.0923. The van der Waals surface area contributed by atoms with E-state index in [1.165, 1.54) is 6.20 Å². The number of amides is 1. The number of hydrogen-bond acceptors (Lipinski definition) is 3. The lowest BCUT2D eigenvalue weighted by Crippen LogP contribution is -2.30. The van der Waals surface area contributed by atoms with Gasteiger partial charge in [0.2, 0.25) is 0 Å². The molecule has 4 nitrogen and oxygen atoms in total. The van der Waals surface area contributed by atoms with Gasteiger partial charge in [-0.05, 0) is 19.1 Å². The third-order valence-corrected chi connectivity index (χ3v) is 1.77. The standard InChI is InChI=1S/C9H11ClN2O2/c1-6(13)4-12-9(14)7-2-3-8(10)11-5-7/h2-3,5-6,13H,4H2,1H3,(H,12,14). The van der Waals surface area contributed by atoms with Crippen molar-refractivity contribution in [2.24, 2.45) is 0 Å². The highest BCUT2D eigenvalue weighted by Gasteiger charge is 2.06. The van der Waals surface area contributed by atoms with Crippen molar-refractivity contribution in [2.75, 3.05) is 6.54 Å². The summed E-state index contributed by atoms with van der Waals surface area (Å²) >= 11 is 5.56. The highest BCUT2D eigenvalue weighted by atomic mass is 35.5. The molecule has 1 atom stereocenters. The van der Waals surface area contributed by atoms with Crippen molar-refractivity contribution >= 4 is 17.5 Å². The average molecular weight is 215 g/mol. The summed E-state index contributed by atoms with van der Waals surface area (Å²) in [6.45, 7) is 1.82. The number of aliphatic hydroxyl groups excluding tert-OH is 1. The van der Waals surface area contributed by atoms with Crippen LogP contribution < -0.4 is 5.32 Å². The van der Waals surface area contributed by atoms with E-state index < -0.39 is 6.10 Å². The first kappa shape index (κ1) is 10.9. The zero-order valence-electron chi connectivity index (χ0n) is 7.70. The van der Waals surface area contributed by atoms with Crippen LogP contribution in [0.1, 0.15) is 17.3 Å². The molecular formula is C9H11ClN2O2. The Hall–Kier alpha value is -1.13. The summed E-state index contributed by atoms with van der Waals surface area (Å²) in [5.41, 5.74) is 0.426. The number of aliphatic hydroxyl groups is 1. The molecule has 5 heteroatoms. The largest absolute Gasteiger partial charge is 0.392 e. The van der Waals surface area contributed by atoms with E-state index in [1.807, 2.05) is 0 Å². The van der Waals surface area contributed by atoms with Gasteiger partial charge in [0.05, 0.1) is 11.7 Å². The number of hydrogen-bond donors (Lipinski definition) is 2. The molecule has 1 heterocycles. The van der Waals surface area contributed by atoms with E-state index in [2.05, 4.69) is 10.3 Å². The summed E-state index contributed by atoms with van der Waals surface area (Å²) in [7, 11) is 0. The van der Waals surface area contributed by atoms with Crippen LogP contribution in [0.25, 0.3) is 0 Å². The van der Waals surface area contributed by atoms with Crippen molar-refractivity contribution in [3.63, 3.8) is 0 Å². The van der Waals surface area contributed by atoms with Crippen molar-refractivity contribution < 1.29 is 9.90 Å². The molecule has 1 aromatic rings. The molecule has 0 bridgehead atoms. The summed E-state index contributed by atoms with van der Waals surface area (Å²) in [4.78, 5) is 15.1. The quantitative estimate of drug-likeness (QED) is 0.734. The maximum Gasteiger partial charge on any atom is 0.252 e. The van der Waals surface area contributed by atoms with Gasteiger partial charge in [-0.3, -0.25) is 4.79 Å². The first-order valence-corrected chi connectivity index (χ1v) is 4.55. The summed E-state index contributed by atoms with van der Waals surface area (Å²) in [5.74, 6) is -0.268. The van der Waals surface area contributed by atoms with Gasteiger partial charge in [0.25, 0.3) is 5.91 Å². The smallest absolute Gasteiger partial charge is 0.252 e. The Labute approximate surface area is 86.9 Å². The second-order valence-electron chi connectivity index (χ2n) is 2.93. The van der Waals surface area contributed by atoms with Crippen LogP contribution in [0.5, 0.6) is 0 Å². The van der Waals surface area contributed by atoms with Crippen LogP contribution in [0.2, 0.25) is 5.15 Å². The van der Waals surface area contributed by atoms with Crippen LogP contribution in [0.4, 0.5) is 0 Å². The Morgan fingerprint density at radius 3 is 2.93 bits per heavy atom. The van der Waals surface area contributed by atoms with Gasteiger partial charge in [0.15, 0.2) is 0 Å². The maximum atomic E-state index is 11.4. The number of halogens is 1. The zero-order chi connectivity index (χ0) is 10.6. The van der Waals surface area contributed by atoms with Gasteiger partial charge >= 0.3 is 0 Å². The summed E-state index contributed by atoms with van der Waals surface area (Å²) in [5, 5.41) is 11.8. The number of aromatic nitrogens is 1. The summed E-state index contributed by atoms with van der Waals surface area (Å²) < 4.78 is 0. The molecule has 0 radical (unpaired) electrons. The molecule has 0 aliphatic carbocycles. The van der Waals surface area contributed by atoms with Crippen molar-refractivity contribution in [1.29, 1.82) is 0 Å². The normalized spacial score (nSPS) is 12.2. The number of nitrogens with zero attached hydrogens (tertiary/aromatic N) is 1. The number of rotatable bonds is 3. The molecule has 1 unspecified atom stereocenters. The van der Waals surface area contributed by atoms with Crippen LogP contribution in [0, 0.1) is 0 Å². The molecular weight excluding hydrogens is 204 g/mol. The van der Waals surface area contributed by atoms with Gasteiger partial charge in [-0.1, -0.05) is 11.6 Å². The van der Waals surface area contributed by atoms with E-state index >= 15 is 0 Å². The van der Waals surface area contributed by atoms with Gasteiger partial charge in [-0.15, -0.1) is 0 Å². The number of pyridine rings is 1. The number of nitrogens with one attached hydrogen (secondary N) is 1. The van der Waals surface area contributed by atoms with E-state index in [1.54, 1.807) is 19.1 Å². The molecule has 0 aromatic carbocycles. The molecule has 1 rings (SSSR count). The van der Waals surface area contributed by atoms with Gasteiger partial charge in [-0.2, -0.15) is 0 Å². The fraction of sp³-hybridized carbons (Fsp3) is 0.333. The van der Waals surface area contributed by atoms with E-state index in [9.17, 15) is 4.79 Å². The fourth-order valence-corrected chi connectivity index (χ4v) is 0.964. The lowest BCUT2D eigenvalue weighted by atomic mass is 10.2. The topological polar surface area (TPSA) is 62.2 Å². The SMILES string of the molecule is CC(O)CNC(=O)c1ccc(Cl)nc1. The molecule has 2 N–H and O–H groups in total. The van der Waals surface area contributed by atoms with Crippen molar-refractivity contribution in [2.45, 2.75) is 13.0 Å². The van der Waals surface area contributed by atoms with Gasteiger partial charge in [0, 0.05) is 12.7 Å². The summed E-state index contributed by atoms with van der Waals surface area (Å²) in [6, 6.07) is 3.12. The third kappa shape index (κ3) is 3.32. The van der Waals surface area contributed by atoms with E-state index in [4.69, 9.17) is 16.7 Å². The predicted molar refractivity (Wildman–Crippen MR) is 53.3 cm³/mol.